The predicted molar refractivity (Wildman–Crippen MR) is 112 cm³/mol. The molecule has 1 aliphatic rings. The fraction of sp³-hybridized carbons (Fsp3) is 0.409. The van der Waals surface area contributed by atoms with E-state index in [1.54, 1.807) is 32.4 Å². The molecule has 1 heterocycles. The summed E-state index contributed by atoms with van der Waals surface area (Å²) >= 11 is 6.31. The quantitative estimate of drug-likeness (QED) is 0.653. The Bertz CT molecular complexity index is 818. The first kappa shape index (κ1) is 21.4. The highest BCUT2D eigenvalue weighted by molar-refractivity contribution is 6.32. The highest BCUT2D eigenvalue weighted by Crippen LogP contribution is 2.37. The minimum Gasteiger partial charge on any atom is -0.497 e. The van der Waals surface area contributed by atoms with E-state index in [9.17, 15) is 4.79 Å². The van der Waals surface area contributed by atoms with Crippen LogP contribution in [-0.2, 0) is 19.7 Å². The monoisotopic (exact) mass is 419 g/mol. The molecule has 0 atom stereocenters. The summed E-state index contributed by atoms with van der Waals surface area (Å²) in [6, 6.07) is 12.9. The molecule has 0 spiro atoms. The van der Waals surface area contributed by atoms with Crippen molar-refractivity contribution in [2.75, 3.05) is 46.0 Å². The van der Waals surface area contributed by atoms with Crippen LogP contribution in [0, 0.1) is 0 Å². The smallest absolute Gasteiger partial charge is 0.235 e. The van der Waals surface area contributed by atoms with E-state index >= 15 is 0 Å². The zero-order valence-electron chi connectivity index (χ0n) is 16.7. The topological polar surface area (TPSA) is 66.0 Å². The van der Waals surface area contributed by atoms with Crippen molar-refractivity contribution < 1.29 is 23.7 Å². The van der Waals surface area contributed by atoms with E-state index in [0.29, 0.717) is 55.7 Å². The largest absolute Gasteiger partial charge is 0.497 e. The summed E-state index contributed by atoms with van der Waals surface area (Å²) in [5, 5.41) is 3.46. The van der Waals surface area contributed by atoms with E-state index in [0.717, 1.165) is 11.3 Å². The number of carbonyl (C=O) groups excluding carboxylic acids is 1. The summed E-state index contributed by atoms with van der Waals surface area (Å²) in [4.78, 5) is 13.4. The highest BCUT2D eigenvalue weighted by atomic mass is 35.5. The SMILES string of the molecule is COCCOc1ccc(NC(=O)C2(c3ccc(OC)cc3)CCOCC2)cc1Cl. The predicted octanol–water partition coefficient (Wildman–Crippen LogP) is 4.06. The van der Waals surface area contributed by atoms with Gasteiger partial charge in [0.25, 0.3) is 0 Å². The van der Waals surface area contributed by atoms with Crippen LogP contribution in [0.15, 0.2) is 42.5 Å². The van der Waals surface area contributed by atoms with Crippen LogP contribution in [0.4, 0.5) is 5.69 Å². The summed E-state index contributed by atoms with van der Waals surface area (Å²) in [5.41, 5.74) is 0.910. The molecule has 1 fully saturated rings. The Hall–Kier alpha value is -2.28. The van der Waals surface area contributed by atoms with E-state index in [4.69, 9.17) is 30.5 Å². The van der Waals surface area contributed by atoms with Crippen LogP contribution >= 0.6 is 11.6 Å². The van der Waals surface area contributed by atoms with Gasteiger partial charge in [-0.05, 0) is 48.7 Å². The number of benzene rings is 2. The number of halogens is 1. The van der Waals surface area contributed by atoms with Gasteiger partial charge in [-0.1, -0.05) is 23.7 Å². The third kappa shape index (κ3) is 5.01. The second-order valence-corrected chi connectivity index (χ2v) is 7.27. The summed E-state index contributed by atoms with van der Waals surface area (Å²) in [5.74, 6) is 1.24. The van der Waals surface area contributed by atoms with Crippen molar-refractivity contribution in [3.05, 3.63) is 53.1 Å². The first-order valence-corrected chi connectivity index (χ1v) is 9.92. The Kier molecular flexibility index (Phi) is 7.36. The van der Waals surface area contributed by atoms with E-state index < -0.39 is 5.41 Å². The van der Waals surface area contributed by atoms with Gasteiger partial charge in [-0.25, -0.2) is 0 Å². The Morgan fingerprint density at radius 2 is 1.83 bits per heavy atom. The highest BCUT2D eigenvalue weighted by Gasteiger charge is 2.41. The lowest BCUT2D eigenvalue weighted by atomic mass is 9.73. The lowest BCUT2D eigenvalue weighted by Gasteiger charge is -2.36. The Balaban J connectivity index is 1.79. The average molecular weight is 420 g/mol. The minimum atomic E-state index is -0.662. The number of rotatable bonds is 8. The third-order valence-electron chi connectivity index (χ3n) is 5.16. The molecule has 6 nitrogen and oxygen atoms in total. The second kappa shape index (κ2) is 9.96. The van der Waals surface area contributed by atoms with Gasteiger partial charge in [-0.15, -0.1) is 0 Å². The van der Waals surface area contributed by atoms with Crippen molar-refractivity contribution in [3.63, 3.8) is 0 Å². The van der Waals surface area contributed by atoms with Crippen molar-refractivity contribution in [2.45, 2.75) is 18.3 Å². The number of carbonyl (C=O) groups is 1. The first-order chi connectivity index (χ1) is 14.1. The maximum absolute atomic E-state index is 13.4. The van der Waals surface area contributed by atoms with Crippen LogP contribution in [0.1, 0.15) is 18.4 Å². The van der Waals surface area contributed by atoms with E-state index in [2.05, 4.69) is 5.32 Å². The molecule has 0 radical (unpaired) electrons. The number of methoxy groups -OCH3 is 2. The van der Waals surface area contributed by atoms with Gasteiger partial charge in [-0.2, -0.15) is 0 Å². The second-order valence-electron chi connectivity index (χ2n) is 6.86. The number of hydrogen-bond acceptors (Lipinski definition) is 5. The fourth-order valence-corrected chi connectivity index (χ4v) is 3.69. The van der Waals surface area contributed by atoms with Crippen molar-refractivity contribution in [3.8, 4) is 11.5 Å². The molecule has 2 aromatic rings. The number of nitrogens with one attached hydrogen (secondary N) is 1. The van der Waals surface area contributed by atoms with Crippen molar-refractivity contribution in [1.29, 1.82) is 0 Å². The molecule has 1 amide bonds. The molecular weight excluding hydrogens is 394 g/mol. The number of amides is 1. The molecule has 29 heavy (non-hydrogen) atoms. The van der Waals surface area contributed by atoms with Gasteiger partial charge in [0.1, 0.15) is 18.1 Å². The van der Waals surface area contributed by atoms with Crippen molar-refractivity contribution in [2.24, 2.45) is 0 Å². The van der Waals surface area contributed by atoms with Crippen molar-refractivity contribution >= 4 is 23.2 Å². The molecular formula is C22H26ClNO5. The van der Waals surface area contributed by atoms with E-state index in [-0.39, 0.29) is 5.91 Å². The zero-order chi connectivity index (χ0) is 20.7. The molecule has 1 N–H and O–H groups in total. The number of hydrogen-bond donors (Lipinski definition) is 1. The maximum atomic E-state index is 13.4. The van der Waals surface area contributed by atoms with E-state index in [1.807, 2.05) is 24.3 Å². The molecule has 0 unspecified atom stereocenters. The standard InChI is InChI=1S/C22H26ClNO5/c1-26-13-14-29-20-8-5-17(15-19(20)23)24-21(25)22(9-11-28-12-10-22)16-3-6-18(27-2)7-4-16/h3-8,15H,9-14H2,1-2H3,(H,24,25). The lowest BCUT2D eigenvalue weighted by Crippen LogP contribution is -2.44. The molecule has 7 heteroatoms. The zero-order valence-corrected chi connectivity index (χ0v) is 17.5. The van der Waals surface area contributed by atoms with Crippen LogP contribution in [0.25, 0.3) is 0 Å². The number of ether oxygens (including phenoxy) is 4. The van der Waals surface area contributed by atoms with Gasteiger partial charge in [0.05, 0.1) is 24.2 Å². The summed E-state index contributed by atoms with van der Waals surface area (Å²) < 4.78 is 21.3. The van der Waals surface area contributed by atoms with Gasteiger partial charge in [-0.3, -0.25) is 4.79 Å². The molecule has 2 aromatic carbocycles. The third-order valence-corrected chi connectivity index (χ3v) is 5.45. The first-order valence-electron chi connectivity index (χ1n) is 9.54. The summed E-state index contributed by atoms with van der Waals surface area (Å²) in [6.45, 7) is 1.95. The van der Waals surface area contributed by atoms with Crippen LogP contribution in [-0.4, -0.2) is 46.6 Å². The Labute approximate surface area is 176 Å². The van der Waals surface area contributed by atoms with Crippen LogP contribution in [0.5, 0.6) is 11.5 Å². The Morgan fingerprint density at radius 3 is 2.45 bits per heavy atom. The molecule has 0 aromatic heterocycles. The van der Waals surface area contributed by atoms with Gasteiger partial charge in [0.2, 0.25) is 5.91 Å². The molecule has 1 aliphatic heterocycles. The lowest BCUT2D eigenvalue weighted by molar-refractivity contribution is -0.125. The van der Waals surface area contributed by atoms with Gasteiger partial charge in [0.15, 0.2) is 0 Å². The van der Waals surface area contributed by atoms with Crippen molar-refractivity contribution in [1.82, 2.24) is 0 Å². The van der Waals surface area contributed by atoms with E-state index in [1.165, 1.54) is 0 Å². The molecule has 0 aliphatic carbocycles. The van der Waals surface area contributed by atoms with Crippen LogP contribution < -0.4 is 14.8 Å². The maximum Gasteiger partial charge on any atom is 0.235 e. The molecule has 0 saturated carbocycles. The average Bonchev–Trinajstić information content (AvgIpc) is 2.76. The normalized spacial score (nSPS) is 15.6. The molecule has 0 bridgehead atoms. The number of anilines is 1. The molecule has 3 rings (SSSR count). The van der Waals surface area contributed by atoms with Gasteiger partial charge in [0, 0.05) is 26.0 Å². The van der Waals surface area contributed by atoms with Gasteiger partial charge >= 0.3 is 0 Å². The Morgan fingerprint density at radius 1 is 1.10 bits per heavy atom. The molecule has 1 saturated heterocycles. The van der Waals surface area contributed by atoms with Crippen LogP contribution in [0.2, 0.25) is 5.02 Å². The fourth-order valence-electron chi connectivity index (χ4n) is 3.46. The summed E-state index contributed by atoms with van der Waals surface area (Å²) in [6.07, 6.45) is 1.22. The van der Waals surface area contributed by atoms with Crippen LogP contribution in [0.3, 0.4) is 0 Å². The van der Waals surface area contributed by atoms with Gasteiger partial charge < -0.3 is 24.3 Å². The minimum absolute atomic E-state index is 0.0740. The molecule has 156 valence electrons. The summed E-state index contributed by atoms with van der Waals surface area (Å²) in [7, 11) is 3.23.